The molecule has 0 aromatic heterocycles. The molecule has 0 aliphatic carbocycles. The molecule has 1 aromatic rings. The summed E-state index contributed by atoms with van der Waals surface area (Å²) in [5, 5.41) is 6.68. The Kier molecular flexibility index (Phi) is 15.9. The second-order valence-electron chi connectivity index (χ2n) is 5.80. The summed E-state index contributed by atoms with van der Waals surface area (Å²) in [5.41, 5.74) is 1.10. The number of guanidine groups is 1. The highest BCUT2D eigenvalue weighted by Gasteiger charge is 2.12. The number of hydrogen-bond donors (Lipinski definition) is 2. The van der Waals surface area contributed by atoms with Crippen LogP contribution in [0, 0.1) is 0 Å². The Morgan fingerprint density at radius 1 is 1.04 bits per heavy atom. The van der Waals surface area contributed by atoms with E-state index in [-0.39, 0.29) is 30.0 Å². The van der Waals surface area contributed by atoms with E-state index in [0.717, 1.165) is 29.6 Å². The number of ether oxygens (including phenoxy) is 4. The largest absolute Gasteiger partial charge is 0.490 e. The summed E-state index contributed by atoms with van der Waals surface area (Å²) in [5.74, 6) is 2.29. The smallest absolute Gasteiger partial charge is 0.191 e. The van der Waals surface area contributed by atoms with Gasteiger partial charge in [0.1, 0.15) is 0 Å². The summed E-state index contributed by atoms with van der Waals surface area (Å²) in [4.78, 5) is 4.56. The van der Waals surface area contributed by atoms with Crippen molar-refractivity contribution in [3.63, 3.8) is 0 Å². The Balaban J connectivity index is 0.00000729. The molecule has 0 amide bonds. The maximum absolute atomic E-state index is 5.72. The lowest BCUT2D eigenvalue weighted by molar-refractivity contribution is 0.0748. The molecule has 0 fully saturated rings. The zero-order valence-corrected chi connectivity index (χ0v) is 20.1. The number of halogens is 1. The van der Waals surface area contributed by atoms with Crippen LogP contribution in [0.1, 0.15) is 39.3 Å². The molecule has 0 heterocycles. The minimum absolute atomic E-state index is 0. The third-order valence-electron chi connectivity index (χ3n) is 3.70. The fourth-order valence-electron chi connectivity index (χ4n) is 2.41. The first-order chi connectivity index (χ1) is 13.2. The van der Waals surface area contributed by atoms with Crippen molar-refractivity contribution in [2.45, 2.75) is 33.7 Å². The summed E-state index contributed by atoms with van der Waals surface area (Å²) in [6.45, 7) is 12.4. The lowest BCUT2D eigenvalue weighted by Gasteiger charge is -2.20. The van der Waals surface area contributed by atoms with Crippen LogP contribution in [0.5, 0.6) is 11.5 Å². The first-order valence-electron chi connectivity index (χ1n) is 9.67. The van der Waals surface area contributed by atoms with E-state index < -0.39 is 0 Å². The van der Waals surface area contributed by atoms with Gasteiger partial charge < -0.3 is 29.6 Å². The third-order valence-corrected chi connectivity index (χ3v) is 3.70. The maximum atomic E-state index is 5.72. The Morgan fingerprint density at radius 3 is 2.39 bits per heavy atom. The Labute approximate surface area is 186 Å². The minimum Gasteiger partial charge on any atom is -0.490 e. The molecular formula is C20H36IN3O4. The molecule has 0 aliphatic rings. The van der Waals surface area contributed by atoms with Crippen molar-refractivity contribution in [1.82, 2.24) is 10.6 Å². The molecular weight excluding hydrogens is 473 g/mol. The molecule has 1 atom stereocenters. The number of benzene rings is 1. The van der Waals surface area contributed by atoms with Crippen LogP contribution in [0.15, 0.2) is 23.2 Å². The Morgan fingerprint density at radius 2 is 1.75 bits per heavy atom. The number of methoxy groups -OCH3 is 1. The van der Waals surface area contributed by atoms with Gasteiger partial charge in [0.15, 0.2) is 17.5 Å². The van der Waals surface area contributed by atoms with Crippen molar-refractivity contribution in [2.75, 3.05) is 53.2 Å². The number of hydrogen-bond acceptors (Lipinski definition) is 5. The summed E-state index contributed by atoms with van der Waals surface area (Å²) in [6, 6.07) is 6.08. The predicted molar refractivity (Wildman–Crippen MR) is 124 cm³/mol. The van der Waals surface area contributed by atoms with Gasteiger partial charge in [-0.25, -0.2) is 0 Å². The van der Waals surface area contributed by atoms with Gasteiger partial charge in [0.2, 0.25) is 0 Å². The summed E-state index contributed by atoms with van der Waals surface area (Å²) in [6.07, 6.45) is 0. The third kappa shape index (κ3) is 10.3. The van der Waals surface area contributed by atoms with E-state index in [1.165, 1.54) is 0 Å². The molecule has 1 rings (SSSR count). The summed E-state index contributed by atoms with van der Waals surface area (Å²) < 4.78 is 21.8. The molecule has 0 bridgehead atoms. The standard InChI is InChI=1S/C20H35N3O4.HI/c1-6-21-20(22-11-12-25-14-13-24-5)23-16(4)17-9-10-18(26-7-2)19(15-17)27-8-3;/h9-10,15-16H,6-8,11-14H2,1-5H3,(H2,21,22,23);1H. The number of nitrogens with zero attached hydrogens (tertiary/aromatic N) is 1. The molecule has 0 spiro atoms. The van der Waals surface area contributed by atoms with Crippen molar-refractivity contribution in [1.29, 1.82) is 0 Å². The van der Waals surface area contributed by atoms with Crippen LogP contribution < -0.4 is 20.1 Å². The van der Waals surface area contributed by atoms with Gasteiger partial charge in [-0.15, -0.1) is 24.0 Å². The molecule has 162 valence electrons. The molecule has 0 radical (unpaired) electrons. The van der Waals surface area contributed by atoms with Gasteiger partial charge in [0.05, 0.1) is 45.6 Å². The van der Waals surface area contributed by atoms with E-state index >= 15 is 0 Å². The molecule has 8 heteroatoms. The van der Waals surface area contributed by atoms with Crippen LogP contribution in [0.4, 0.5) is 0 Å². The average molecular weight is 509 g/mol. The van der Waals surface area contributed by atoms with E-state index in [4.69, 9.17) is 18.9 Å². The van der Waals surface area contributed by atoms with Gasteiger partial charge in [-0.3, -0.25) is 4.99 Å². The van der Waals surface area contributed by atoms with Crippen LogP contribution in [-0.2, 0) is 9.47 Å². The van der Waals surface area contributed by atoms with Crippen LogP contribution in [0.2, 0.25) is 0 Å². The molecule has 1 aromatic carbocycles. The lowest BCUT2D eigenvalue weighted by atomic mass is 10.1. The summed E-state index contributed by atoms with van der Waals surface area (Å²) in [7, 11) is 1.66. The van der Waals surface area contributed by atoms with E-state index in [9.17, 15) is 0 Å². The quantitative estimate of drug-likeness (QED) is 0.184. The van der Waals surface area contributed by atoms with Crippen molar-refractivity contribution < 1.29 is 18.9 Å². The van der Waals surface area contributed by atoms with Crippen molar-refractivity contribution in [3.8, 4) is 11.5 Å². The summed E-state index contributed by atoms with van der Waals surface area (Å²) >= 11 is 0. The van der Waals surface area contributed by atoms with Crippen LogP contribution in [0.25, 0.3) is 0 Å². The average Bonchev–Trinajstić information content (AvgIpc) is 2.66. The first-order valence-corrected chi connectivity index (χ1v) is 9.67. The fourth-order valence-corrected chi connectivity index (χ4v) is 2.41. The molecule has 28 heavy (non-hydrogen) atoms. The highest BCUT2D eigenvalue weighted by Crippen LogP contribution is 2.30. The molecule has 1 unspecified atom stereocenters. The van der Waals surface area contributed by atoms with Gasteiger partial charge in [-0.2, -0.15) is 0 Å². The predicted octanol–water partition coefficient (Wildman–Crippen LogP) is 3.38. The van der Waals surface area contributed by atoms with Gasteiger partial charge in [-0.1, -0.05) is 6.07 Å². The molecule has 7 nitrogen and oxygen atoms in total. The van der Waals surface area contributed by atoms with E-state index in [1.54, 1.807) is 7.11 Å². The van der Waals surface area contributed by atoms with E-state index in [2.05, 4.69) is 22.5 Å². The van der Waals surface area contributed by atoms with Crippen molar-refractivity contribution in [3.05, 3.63) is 23.8 Å². The second-order valence-corrected chi connectivity index (χ2v) is 5.80. The van der Waals surface area contributed by atoms with Crippen LogP contribution in [-0.4, -0.2) is 59.2 Å². The molecule has 0 saturated heterocycles. The fraction of sp³-hybridized carbons (Fsp3) is 0.650. The number of nitrogens with one attached hydrogen (secondary N) is 2. The second kappa shape index (κ2) is 16.7. The maximum Gasteiger partial charge on any atom is 0.191 e. The minimum atomic E-state index is 0. The molecule has 2 N–H and O–H groups in total. The first kappa shape index (κ1) is 26.7. The highest BCUT2D eigenvalue weighted by molar-refractivity contribution is 14.0. The van der Waals surface area contributed by atoms with Gasteiger partial charge in [0.25, 0.3) is 0 Å². The number of rotatable bonds is 13. The topological polar surface area (TPSA) is 73.3 Å². The molecule has 0 saturated carbocycles. The lowest BCUT2D eigenvalue weighted by Crippen LogP contribution is -2.39. The van der Waals surface area contributed by atoms with Gasteiger partial charge in [0, 0.05) is 13.7 Å². The van der Waals surface area contributed by atoms with Crippen molar-refractivity contribution >= 4 is 29.9 Å². The molecule has 0 aliphatic heterocycles. The Hall–Kier alpha value is -1.26. The zero-order chi connectivity index (χ0) is 19.9. The van der Waals surface area contributed by atoms with Crippen molar-refractivity contribution in [2.24, 2.45) is 4.99 Å². The Bertz CT molecular complexity index is 558. The van der Waals surface area contributed by atoms with Gasteiger partial charge >= 0.3 is 0 Å². The highest BCUT2D eigenvalue weighted by atomic mass is 127. The van der Waals surface area contributed by atoms with Gasteiger partial charge in [-0.05, 0) is 45.4 Å². The van der Waals surface area contributed by atoms with E-state index in [0.29, 0.717) is 39.6 Å². The normalized spacial score (nSPS) is 12.1. The zero-order valence-electron chi connectivity index (χ0n) is 17.7. The SMILES string of the molecule is CCNC(=NCCOCCOC)NC(C)c1ccc(OCC)c(OCC)c1.I. The van der Waals surface area contributed by atoms with Crippen LogP contribution >= 0.6 is 24.0 Å². The van der Waals surface area contributed by atoms with E-state index in [1.807, 2.05) is 39.0 Å². The monoisotopic (exact) mass is 509 g/mol. The number of aliphatic imine (C=N–C) groups is 1. The van der Waals surface area contributed by atoms with Crippen LogP contribution in [0.3, 0.4) is 0 Å².